The predicted octanol–water partition coefficient (Wildman–Crippen LogP) is 2.05. The van der Waals surface area contributed by atoms with Gasteiger partial charge in [-0.3, -0.25) is 4.90 Å². The van der Waals surface area contributed by atoms with E-state index in [4.69, 9.17) is 4.74 Å². The van der Waals surface area contributed by atoms with Crippen LogP contribution >= 0.6 is 0 Å². The van der Waals surface area contributed by atoms with Gasteiger partial charge in [0.2, 0.25) is 0 Å². The molecule has 3 nitrogen and oxygen atoms in total. The fourth-order valence-corrected chi connectivity index (χ4v) is 2.73. The molecule has 0 radical (unpaired) electrons. The first kappa shape index (κ1) is 11.8. The number of nitrogens with zero attached hydrogens (tertiary/aromatic N) is 2. The van der Waals surface area contributed by atoms with Crippen molar-refractivity contribution in [1.82, 2.24) is 9.47 Å². The van der Waals surface area contributed by atoms with Gasteiger partial charge in [0.15, 0.2) is 0 Å². The summed E-state index contributed by atoms with van der Waals surface area (Å²) < 4.78 is 7.61. The molecule has 1 aliphatic rings. The van der Waals surface area contributed by atoms with Crippen molar-refractivity contribution in [3.05, 3.63) is 36.0 Å². The van der Waals surface area contributed by atoms with Gasteiger partial charge in [-0.2, -0.15) is 0 Å². The van der Waals surface area contributed by atoms with Gasteiger partial charge < -0.3 is 9.30 Å². The van der Waals surface area contributed by atoms with E-state index in [1.165, 1.54) is 16.5 Å². The maximum Gasteiger partial charge on any atom is 0.0594 e. The molecule has 0 saturated carbocycles. The van der Waals surface area contributed by atoms with Crippen LogP contribution in [0.1, 0.15) is 5.56 Å². The molecule has 3 rings (SSSR count). The van der Waals surface area contributed by atoms with Crippen LogP contribution in [0.5, 0.6) is 0 Å². The van der Waals surface area contributed by atoms with Gasteiger partial charge >= 0.3 is 0 Å². The van der Waals surface area contributed by atoms with Crippen molar-refractivity contribution in [1.29, 1.82) is 0 Å². The maximum atomic E-state index is 5.38. The van der Waals surface area contributed by atoms with Crippen LogP contribution in [0.3, 0.4) is 0 Å². The van der Waals surface area contributed by atoms with Crippen LogP contribution < -0.4 is 0 Å². The van der Waals surface area contributed by atoms with Gasteiger partial charge in [0, 0.05) is 43.8 Å². The molecule has 2 aromatic rings. The molecule has 2 heterocycles. The Morgan fingerprint density at radius 2 is 1.94 bits per heavy atom. The average molecular weight is 244 g/mol. The number of aromatic nitrogens is 1. The van der Waals surface area contributed by atoms with Crippen molar-refractivity contribution in [2.24, 2.45) is 7.05 Å². The van der Waals surface area contributed by atoms with Crippen molar-refractivity contribution < 1.29 is 4.74 Å². The summed E-state index contributed by atoms with van der Waals surface area (Å²) in [6, 6.07) is 8.65. The van der Waals surface area contributed by atoms with Gasteiger partial charge in [0.1, 0.15) is 0 Å². The summed E-state index contributed by atoms with van der Waals surface area (Å²) in [5.74, 6) is 0. The molecule has 0 unspecified atom stereocenters. The quantitative estimate of drug-likeness (QED) is 0.822. The molecule has 0 aliphatic carbocycles. The third-order valence-electron chi connectivity index (χ3n) is 3.78. The lowest BCUT2D eigenvalue weighted by Crippen LogP contribution is -2.37. The third kappa shape index (κ3) is 2.28. The molecule has 0 N–H and O–H groups in total. The van der Waals surface area contributed by atoms with Crippen LogP contribution in [0.2, 0.25) is 0 Å². The number of benzene rings is 1. The molecule has 0 bridgehead atoms. The average Bonchev–Trinajstić information content (AvgIpc) is 2.75. The molecule has 1 aliphatic heterocycles. The number of ether oxygens (including phenoxy) is 1. The number of morpholine rings is 1. The van der Waals surface area contributed by atoms with Gasteiger partial charge in [-0.1, -0.05) is 18.2 Å². The first-order chi connectivity index (χ1) is 8.84. The normalized spacial score (nSPS) is 17.4. The largest absolute Gasteiger partial charge is 0.379 e. The second-order valence-corrected chi connectivity index (χ2v) is 4.99. The Bertz CT molecular complexity index is 526. The Kier molecular flexibility index (Phi) is 3.35. The molecule has 3 heteroatoms. The standard InChI is InChI=1S/C15H20N2O/c1-16-12-13(14-4-2-3-5-15(14)16)6-7-17-8-10-18-11-9-17/h2-5,12H,6-11H2,1H3. The Balaban J connectivity index is 1.74. The zero-order chi connectivity index (χ0) is 12.4. The van der Waals surface area contributed by atoms with Gasteiger partial charge in [-0.25, -0.2) is 0 Å². The molecule has 96 valence electrons. The van der Waals surface area contributed by atoms with E-state index in [0.29, 0.717) is 0 Å². The summed E-state index contributed by atoms with van der Waals surface area (Å²) in [5.41, 5.74) is 2.79. The van der Waals surface area contributed by atoms with E-state index in [-0.39, 0.29) is 0 Å². The first-order valence-corrected chi connectivity index (χ1v) is 6.67. The zero-order valence-electron chi connectivity index (χ0n) is 10.9. The fraction of sp³-hybridized carbons (Fsp3) is 0.467. The Morgan fingerprint density at radius 1 is 1.17 bits per heavy atom. The minimum absolute atomic E-state index is 0.884. The maximum absolute atomic E-state index is 5.38. The monoisotopic (exact) mass is 244 g/mol. The number of hydrogen-bond donors (Lipinski definition) is 0. The van der Waals surface area contributed by atoms with Crippen molar-refractivity contribution in [2.75, 3.05) is 32.8 Å². The van der Waals surface area contributed by atoms with Crippen molar-refractivity contribution in [3.8, 4) is 0 Å². The molecule has 1 saturated heterocycles. The topological polar surface area (TPSA) is 17.4 Å². The summed E-state index contributed by atoms with van der Waals surface area (Å²) in [5, 5.41) is 1.40. The Hall–Kier alpha value is -1.32. The summed E-state index contributed by atoms with van der Waals surface area (Å²) in [4.78, 5) is 2.49. The number of para-hydroxylation sites is 1. The predicted molar refractivity (Wildman–Crippen MR) is 73.9 cm³/mol. The summed E-state index contributed by atoms with van der Waals surface area (Å²) in [7, 11) is 2.13. The van der Waals surface area contributed by atoms with Crippen molar-refractivity contribution in [3.63, 3.8) is 0 Å². The lowest BCUT2D eigenvalue weighted by molar-refractivity contribution is 0.0385. The van der Waals surface area contributed by atoms with E-state index >= 15 is 0 Å². The van der Waals surface area contributed by atoms with E-state index in [0.717, 1.165) is 39.3 Å². The van der Waals surface area contributed by atoms with Gasteiger partial charge in [0.25, 0.3) is 0 Å². The Morgan fingerprint density at radius 3 is 2.78 bits per heavy atom. The molecule has 1 fully saturated rings. The number of hydrogen-bond acceptors (Lipinski definition) is 2. The molecular weight excluding hydrogens is 224 g/mol. The molecule has 1 aromatic heterocycles. The van der Waals surface area contributed by atoms with Crippen LogP contribution in [-0.4, -0.2) is 42.3 Å². The number of aryl methyl sites for hydroxylation is 1. The zero-order valence-corrected chi connectivity index (χ0v) is 10.9. The molecule has 0 atom stereocenters. The lowest BCUT2D eigenvalue weighted by atomic mass is 10.1. The molecule has 18 heavy (non-hydrogen) atoms. The van der Waals surface area contributed by atoms with E-state index in [2.05, 4.69) is 47.0 Å². The van der Waals surface area contributed by atoms with E-state index < -0.39 is 0 Å². The van der Waals surface area contributed by atoms with E-state index in [1.807, 2.05) is 0 Å². The van der Waals surface area contributed by atoms with Crippen LogP contribution in [0, 0.1) is 0 Å². The first-order valence-electron chi connectivity index (χ1n) is 6.67. The van der Waals surface area contributed by atoms with Crippen molar-refractivity contribution in [2.45, 2.75) is 6.42 Å². The highest BCUT2D eigenvalue weighted by Crippen LogP contribution is 2.20. The highest BCUT2D eigenvalue weighted by atomic mass is 16.5. The molecule has 0 amide bonds. The third-order valence-corrected chi connectivity index (χ3v) is 3.78. The SMILES string of the molecule is Cn1cc(CCN2CCOCC2)c2ccccc21. The van der Waals surface area contributed by atoms with Gasteiger partial charge in [-0.05, 0) is 18.1 Å². The van der Waals surface area contributed by atoms with Gasteiger partial charge in [0.05, 0.1) is 13.2 Å². The number of fused-ring (bicyclic) bond motifs is 1. The van der Waals surface area contributed by atoms with Crippen LogP contribution in [-0.2, 0) is 18.2 Å². The second-order valence-electron chi connectivity index (χ2n) is 4.99. The van der Waals surface area contributed by atoms with Crippen LogP contribution in [0.4, 0.5) is 0 Å². The van der Waals surface area contributed by atoms with Crippen molar-refractivity contribution >= 4 is 10.9 Å². The number of rotatable bonds is 3. The van der Waals surface area contributed by atoms with E-state index in [1.54, 1.807) is 0 Å². The molecule has 0 spiro atoms. The molecular formula is C15H20N2O. The molecule has 1 aromatic carbocycles. The highest BCUT2D eigenvalue weighted by Gasteiger charge is 2.11. The minimum Gasteiger partial charge on any atom is -0.379 e. The van der Waals surface area contributed by atoms with Crippen LogP contribution in [0.15, 0.2) is 30.5 Å². The summed E-state index contributed by atoms with van der Waals surface area (Å²) in [6.07, 6.45) is 3.40. The van der Waals surface area contributed by atoms with Crippen LogP contribution in [0.25, 0.3) is 10.9 Å². The van der Waals surface area contributed by atoms with Gasteiger partial charge in [-0.15, -0.1) is 0 Å². The fourth-order valence-electron chi connectivity index (χ4n) is 2.73. The smallest absolute Gasteiger partial charge is 0.0594 e. The lowest BCUT2D eigenvalue weighted by Gasteiger charge is -2.26. The highest BCUT2D eigenvalue weighted by molar-refractivity contribution is 5.83. The second kappa shape index (κ2) is 5.12. The summed E-state index contributed by atoms with van der Waals surface area (Å²) in [6.45, 7) is 5.05. The minimum atomic E-state index is 0.884. The van der Waals surface area contributed by atoms with E-state index in [9.17, 15) is 0 Å². The Labute approximate surface area is 108 Å². The summed E-state index contributed by atoms with van der Waals surface area (Å²) >= 11 is 0.